The maximum Gasteiger partial charge on any atom is 0.258 e. The van der Waals surface area contributed by atoms with Gasteiger partial charge < -0.3 is 4.57 Å². The maximum atomic E-state index is 12.3. The first kappa shape index (κ1) is 17.1. The van der Waals surface area contributed by atoms with Gasteiger partial charge in [0.25, 0.3) is 5.91 Å². The average molecular weight is 379 g/mol. The molecule has 0 aliphatic carbocycles. The van der Waals surface area contributed by atoms with Crippen LogP contribution in [0.2, 0.25) is 0 Å². The monoisotopic (exact) mass is 378 g/mol. The van der Waals surface area contributed by atoms with E-state index in [0.29, 0.717) is 5.75 Å². The first-order valence-corrected chi connectivity index (χ1v) is 10.4. The molecule has 1 aromatic heterocycles. The molecule has 0 N–H and O–H groups in total. The van der Waals surface area contributed by atoms with Crippen molar-refractivity contribution in [2.45, 2.75) is 5.75 Å². The predicted octanol–water partition coefficient (Wildman–Crippen LogP) is 4.75. The normalized spacial score (nSPS) is 12.1. The van der Waals surface area contributed by atoms with Gasteiger partial charge in [-0.2, -0.15) is 4.99 Å². The van der Waals surface area contributed by atoms with Crippen molar-refractivity contribution in [3.05, 3.63) is 77.1 Å². The smallest absolute Gasteiger partial charge is 0.258 e. The van der Waals surface area contributed by atoms with Crippen molar-refractivity contribution < 1.29 is 4.79 Å². The Hall–Kier alpha value is -2.37. The zero-order valence-corrected chi connectivity index (χ0v) is 16.0. The molecule has 4 rings (SSSR count). The van der Waals surface area contributed by atoms with Crippen molar-refractivity contribution in [1.29, 1.82) is 0 Å². The number of aryl methyl sites for hydroxylation is 1. The Morgan fingerprint density at radius 3 is 2.65 bits per heavy atom. The van der Waals surface area contributed by atoms with Crippen molar-refractivity contribution in [3.63, 3.8) is 0 Å². The van der Waals surface area contributed by atoms with Gasteiger partial charge in [-0.1, -0.05) is 72.0 Å². The molecule has 0 radical (unpaired) electrons. The number of rotatable bonds is 4. The number of thioether (sulfide) groups is 1. The number of hydrogen-bond acceptors (Lipinski definition) is 3. The standard InChI is InChI=1S/C21H18N2OS2/c1-23-18-12-11-16-9-5-6-10-17(16)20(18)26-21(23)22-19(24)14-25-13-15-7-3-2-4-8-15/h2-12H,13-14H2,1H3. The Morgan fingerprint density at radius 2 is 1.81 bits per heavy atom. The van der Waals surface area contributed by atoms with E-state index in [-0.39, 0.29) is 5.91 Å². The average Bonchev–Trinajstić information content (AvgIpc) is 2.99. The summed E-state index contributed by atoms with van der Waals surface area (Å²) in [6.45, 7) is 0. The van der Waals surface area contributed by atoms with Crippen molar-refractivity contribution in [1.82, 2.24) is 4.57 Å². The Bertz CT molecular complexity index is 1140. The van der Waals surface area contributed by atoms with Gasteiger partial charge >= 0.3 is 0 Å². The molecule has 0 unspecified atom stereocenters. The molecule has 130 valence electrons. The highest BCUT2D eigenvalue weighted by atomic mass is 32.2. The second-order valence-electron chi connectivity index (χ2n) is 6.06. The molecule has 1 amide bonds. The van der Waals surface area contributed by atoms with Gasteiger partial charge in [0.2, 0.25) is 0 Å². The molecule has 0 atom stereocenters. The summed E-state index contributed by atoms with van der Waals surface area (Å²) in [6.07, 6.45) is 0. The fraction of sp³-hybridized carbons (Fsp3) is 0.143. The minimum atomic E-state index is -0.0857. The molecule has 0 aliphatic heterocycles. The van der Waals surface area contributed by atoms with Crippen LogP contribution in [0.3, 0.4) is 0 Å². The number of carbonyl (C=O) groups is 1. The van der Waals surface area contributed by atoms with Crippen molar-refractivity contribution in [2.24, 2.45) is 12.0 Å². The summed E-state index contributed by atoms with van der Waals surface area (Å²) < 4.78 is 3.18. The molecule has 0 spiro atoms. The minimum Gasteiger partial charge on any atom is -0.319 e. The molecule has 0 fully saturated rings. The molecular weight excluding hydrogens is 360 g/mol. The molecule has 0 aliphatic rings. The van der Waals surface area contributed by atoms with Crippen LogP contribution in [-0.2, 0) is 17.6 Å². The van der Waals surface area contributed by atoms with Gasteiger partial charge in [0.15, 0.2) is 4.80 Å². The number of carbonyl (C=O) groups excluding carboxylic acids is 1. The number of thiazole rings is 1. The summed E-state index contributed by atoms with van der Waals surface area (Å²) in [5, 5.41) is 2.41. The van der Waals surface area contributed by atoms with Crippen molar-refractivity contribution >= 4 is 50.0 Å². The highest BCUT2D eigenvalue weighted by molar-refractivity contribution is 7.99. The largest absolute Gasteiger partial charge is 0.319 e. The lowest BCUT2D eigenvalue weighted by atomic mass is 10.1. The van der Waals surface area contributed by atoms with E-state index in [2.05, 4.69) is 41.4 Å². The van der Waals surface area contributed by atoms with Gasteiger partial charge in [0.1, 0.15) is 0 Å². The van der Waals surface area contributed by atoms with Crippen LogP contribution >= 0.6 is 23.1 Å². The molecule has 4 aromatic rings. The molecule has 1 heterocycles. The summed E-state index contributed by atoms with van der Waals surface area (Å²) >= 11 is 3.18. The third-order valence-electron chi connectivity index (χ3n) is 4.26. The van der Waals surface area contributed by atoms with Gasteiger partial charge in [-0.3, -0.25) is 4.79 Å². The molecular formula is C21H18N2OS2. The predicted molar refractivity (Wildman–Crippen MR) is 111 cm³/mol. The van der Waals surface area contributed by atoms with E-state index >= 15 is 0 Å². The quantitative estimate of drug-likeness (QED) is 0.513. The van der Waals surface area contributed by atoms with Gasteiger partial charge in [-0.05, 0) is 17.0 Å². The van der Waals surface area contributed by atoms with Crippen LogP contribution in [0.1, 0.15) is 5.56 Å². The Morgan fingerprint density at radius 1 is 1.04 bits per heavy atom. The zero-order chi connectivity index (χ0) is 17.9. The van der Waals surface area contributed by atoms with Gasteiger partial charge in [-0.25, -0.2) is 0 Å². The van der Waals surface area contributed by atoms with E-state index in [1.165, 1.54) is 21.0 Å². The topological polar surface area (TPSA) is 34.4 Å². The Labute approximate surface area is 160 Å². The van der Waals surface area contributed by atoms with Crippen LogP contribution in [0, 0.1) is 0 Å². The summed E-state index contributed by atoms with van der Waals surface area (Å²) in [4.78, 5) is 17.4. The van der Waals surface area contributed by atoms with E-state index < -0.39 is 0 Å². The van der Waals surface area contributed by atoms with Gasteiger partial charge in [-0.15, -0.1) is 11.8 Å². The summed E-state index contributed by atoms with van der Waals surface area (Å²) in [5.41, 5.74) is 2.33. The van der Waals surface area contributed by atoms with E-state index in [0.717, 1.165) is 16.1 Å². The van der Waals surface area contributed by atoms with Crippen LogP contribution in [-0.4, -0.2) is 16.2 Å². The lowest BCUT2D eigenvalue weighted by Crippen LogP contribution is -2.14. The minimum absolute atomic E-state index is 0.0857. The second-order valence-corrected chi connectivity index (χ2v) is 8.03. The van der Waals surface area contributed by atoms with Crippen LogP contribution in [0.25, 0.3) is 21.0 Å². The summed E-state index contributed by atoms with van der Waals surface area (Å²) in [5.74, 6) is 1.13. The second kappa shape index (κ2) is 7.48. The molecule has 0 bridgehead atoms. The fourth-order valence-corrected chi connectivity index (χ4v) is 4.87. The van der Waals surface area contributed by atoms with Crippen LogP contribution < -0.4 is 4.80 Å². The van der Waals surface area contributed by atoms with Crippen molar-refractivity contribution in [3.8, 4) is 0 Å². The Balaban J connectivity index is 1.58. The SMILES string of the molecule is Cn1c(=NC(=O)CSCc2ccccc2)sc2c3ccccc3ccc21. The number of amides is 1. The highest BCUT2D eigenvalue weighted by Gasteiger charge is 2.08. The molecule has 0 saturated heterocycles. The first-order valence-electron chi connectivity index (χ1n) is 8.39. The number of aromatic nitrogens is 1. The Kier molecular flexibility index (Phi) is 4.91. The van der Waals surface area contributed by atoms with E-state index in [1.54, 1.807) is 23.1 Å². The summed E-state index contributed by atoms with van der Waals surface area (Å²) in [6, 6.07) is 22.7. The van der Waals surface area contributed by atoms with Crippen LogP contribution in [0.15, 0.2) is 71.7 Å². The van der Waals surface area contributed by atoms with Gasteiger partial charge in [0.05, 0.1) is 16.0 Å². The highest BCUT2D eigenvalue weighted by Crippen LogP contribution is 2.27. The molecule has 3 nitrogen and oxygen atoms in total. The van der Waals surface area contributed by atoms with E-state index in [1.807, 2.05) is 41.9 Å². The maximum absolute atomic E-state index is 12.3. The van der Waals surface area contributed by atoms with Crippen LogP contribution in [0.4, 0.5) is 0 Å². The zero-order valence-electron chi connectivity index (χ0n) is 14.4. The lowest BCUT2D eigenvalue weighted by Gasteiger charge is -2.00. The van der Waals surface area contributed by atoms with Crippen molar-refractivity contribution in [2.75, 3.05) is 5.75 Å². The van der Waals surface area contributed by atoms with E-state index in [4.69, 9.17) is 0 Å². The molecule has 5 heteroatoms. The first-order chi connectivity index (χ1) is 12.7. The number of fused-ring (bicyclic) bond motifs is 3. The molecule has 0 saturated carbocycles. The third-order valence-corrected chi connectivity index (χ3v) is 6.43. The summed E-state index contributed by atoms with van der Waals surface area (Å²) in [7, 11) is 1.97. The number of hydrogen-bond donors (Lipinski definition) is 0. The molecule has 3 aromatic carbocycles. The number of nitrogens with zero attached hydrogens (tertiary/aromatic N) is 2. The van der Waals surface area contributed by atoms with E-state index in [9.17, 15) is 4.79 Å². The number of benzene rings is 3. The third kappa shape index (κ3) is 3.45. The van der Waals surface area contributed by atoms with Crippen LogP contribution in [0.5, 0.6) is 0 Å². The fourth-order valence-electron chi connectivity index (χ4n) is 2.93. The lowest BCUT2D eigenvalue weighted by molar-refractivity contribution is -0.115. The van der Waals surface area contributed by atoms with Gasteiger partial charge in [0, 0.05) is 18.2 Å². The molecule has 26 heavy (non-hydrogen) atoms.